The summed E-state index contributed by atoms with van der Waals surface area (Å²) in [6, 6.07) is 13.0. The minimum absolute atomic E-state index is 0.199. The molecule has 0 saturated heterocycles. The molecule has 2 aromatic rings. The predicted octanol–water partition coefficient (Wildman–Crippen LogP) is 2.91. The van der Waals surface area contributed by atoms with Crippen LogP contribution in [0.25, 0.3) is 0 Å². The highest BCUT2D eigenvalue weighted by atomic mass is 19.2. The Morgan fingerprint density at radius 1 is 1.00 bits per heavy atom. The molecular formula is C15H15F2NO. The first-order valence-electron chi connectivity index (χ1n) is 6.02. The van der Waals surface area contributed by atoms with Gasteiger partial charge in [0.25, 0.3) is 0 Å². The van der Waals surface area contributed by atoms with Crippen molar-refractivity contribution in [3.8, 4) is 5.75 Å². The van der Waals surface area contributed by atoms with Crippen LogP contribution in [0.5, 0.6) is 5.75 Å². The molecule has 0 spiro atoms. The Balaban J connectivity index is 1.86. The molecule has 0 aliphatic rings. The SMILES string of the molecule is NC(COc1ccc(F)c(F)c1)Cc1ccccc1. The Labute approximate surface area is 110 Å². The van der Waals surface area contributed by atoms with Gasteiger partial charge in [-0.2, -0.15) is 0 Å². The van der Waals surface area contributed by atoms with Gasteiger partial charge in [-0.05, 0) is 24.1 Å². The van der Waals surface area contributed by atoms with Crippen LogP contribution in [0.2, 0.25) is 0 Å². The zero-order valence-electron chi connectivity index (χ0n) is 10.4. The summed E-state index contributed by atoms with van der Waals surface area (Å²) in [6.45, 7) is 0.250. The van der Waals surface area contributed by atoms with Crippen molar-refractivity contribution in [3.05, 3.63) is 65.7 Å². The lowest BCUT2D eigenvalue weighted by Crippen LogP contribution is -2.30. The number of rotatable bonds is 5. The average Bonchev–Trinajstić information content (AvgIpc) is 2.41. The lowest BCUT2D eigenvalue weighted by Gasteiger charge is -2.13. The third-order valence-corrected chi connectivity index (χ3v) is 2.70. The second kappa shape index (κ2) is 6.29. The molecule has 2 rings (SSSR count). The molecule has 19 heavy (non-hydrogen) atoms. The van der Waals surface area contributed by atoms with Gasteiger partial charge < -0.3 is 10.5 Å². The third-order valence-electron chi connectivity index (χ3n) is 2.70. The minimum atomic E-state index is -0.922. The van der Waals surface area contributed by atoms with Crippen LogP contribution in [0, 0.1) is 11.6 Å². The molecule has 1 atom stereocenters. The Bertz CT molecular complexity index is 531. The van der Waals surface area contributed by atoms with Gasteiger partial charge in [0.2, 0.25) is 0 Å². The molecule has 0 amide bonds. The van der Waals surface area contributed by atoms with Gasteiger partial charge in [0.15, 0.2) is 11.6 Å². The lowest BCUT2D eigenvalue weighted by molar-refractivity contribution is 0.285. The predicted molar refractivity (Wildman–Crippen MR) is 70.0 cm³/mol. The summed E-state index contributed by atoms with van der Waals surface area (Å²) in [6.07, 6.45) is 0.671. The van der Waals surface area contributed by atoms with Gasteiger partial charge in [-0.25, -0.2) is 8.78 Å². The zero-order valence-corrected chi connectivity index (χ0v) is 10.4. The van der Waals surface area contributed by atoms with E-state index in [1.54, 1.807) is 0 Å². The van der Waals surface area contributed by atoms with E-state index in [9.17, 15) is 8.78 Å². The normalized spacial score (nSPS) is 12.2. The van der Waals surface area contributed by atoms with Crippen LogP contribution in [-0.2, 0) is 6.42 Å². The van der Waals surface area contributed by atoms with Crippen molar-refractivity contribution >= 4 is 0 Å². The quantitative estimate of drug-likeness (QED) is 0.900. The third kappa shape index (κ3) is 4.03. The van der Waals surface area contributed by atoms with Crippen LogP contribution in [-0.4, -0.2) is 12.6 Å². The molecule has 0 aromatic heterocycles. The second-order valence-electron chi connectivity index (χ2n) is 4.34. The highest BCUT2D eigenvalue weighted by Crippen LogP contribution is 2.15. The van der Waals surface area contributed by atoms with Crippen LogP contribution in [0.3, 0.4) is 0 Å². The summed E-state index contributed by atoms with van der Waals surface area (Å²) in [7, 11) is 0. The molecule has 0 radical (unpaired) electrons. The topological polar surface area (TPSA) is 35.2 Å². The fraction of sp³-hybridized carbons (Fsp3) is 0.200. The number of ether oxygens (including phenoxy) is 1. The standard InChI is InChI=1S/C15H15F2NO/c16-14-7-6-13(9-15(14)17)19-10-12(18)8-11-4-2-1-3-5-11/h1-7,9,12H,8,10,18H2. The van der Waals surface area contributed by atoms with Crippen molar-refractivity contribution in [2.24, 2.45) is 5.73 Å². The van der Waals surface area contributed by atoms with Gasteiger partial charge in [0, 0.05) is 12.1 Å². The van der Waals surface area contributed by atoms with Crippen LogP contribution >= 0.6 is 0 Å². The van der Waals surface area contributed by atoms with E-state index in [1.165, 1.54) is 6.07 Å². The average molecular weight is 263 g/mol. The molecule has 100 valence electrons. The Kier molecular flexibility index (Phi) is 4.47. The maximum Gasteiger partial charge on any atom is 0.162 e. The van der Waals surface area contributed by atoms with Crippen molar-refractivity contribution in [1.29, 1.82) is 0 Å². The Morgan fingerprint density at radius 3 is 2.42 bits per heavy atom. The van der Waals surface area contributed by atoms with E-state index in [1.807, 2.05) is 30.3 Å². The van der Waals surface area contributed by atoms with Crippen molar-refractivity contribution < 1.29 is 13.5 Å². The maximum atomic E-state index is 13.0. The molecule has 1 unspecified atom stereocenters. The fourth-order valence-electron chi connectivity index (χ4n) is 1.75. The minimum Gasteiger partial charge on any atom is -0.492 e. The van der Waals surface area contributed by atoms with Gasteiger partial charge in [-0.3, -0.25) is 0 Å². The zero-order chi connectivity index (χ0) is 13.7. The number of hydrogen-bond donors (Lipinski definition) is 1. The molecule has 0 aliphatic carbocycles. The number of hydrogen-bond acceptors (Lipinski definition) is 2. The summed E-state index contributed by atoms with van der Waals surface area (Å²) in [5.74, 6) is -1.53. The highest BCUT2D eigenvalue weighted by Gasteiger charge is 2.07. The molecule has 2 aromatic carbocycles. The highest BCUT2D eigenvalue weighted by molar-refractivity contribution is 5.23. The first-order valence-corrected chi connectivity index (χ1v) is 6.02. The van der Waals surface area contributed by atoms with E-state index in [0.717, 1.165) is 17.7 Å². The first kappa shape index (κ1) is 13.5. The number of halogens is 2. The van der Waals surface area contributed by atoms with Crippen molar-refractivity contribution in [3.63, 3.8) is 0 Å². The van der Waals surface area contributed by atoms with Gasteiger partial charge in [-0.15, -0.1) is 0 Å². The molecule has 0 heterocycles. The second-order valence-corrected chi connectivity index (χ2v) is 4.34. The van der Waals surface area contributed by atoms with Crippen molar-refractivity contribution in [1.82, 2.24) is 0 Å². The van der Waals surface area contributed by atoms with E-state index in [4.69, 9.17) is 10.5 Å². The molecule has 2 nitrogen and oxygen atoms in total. The van der Waals surface area contributed by atoms with Crippen LogP contribution in [0.4, 0.5) is 8.78 Å². The van der Waals surface area contributed by atoms with Gasteiger partial charge in [0.05, 0.1) is 0 Å². The van der Waals surface area contributed by atoms with Crippen LogP contribution < -0.4 is 10.5 Å². The van der Waals surface area contributed by atoms with Crippen molar-refractivity contribution in [2.45, 2.75) is 12.5 Å². The Morgan fingerprint density at radius 2 is 1.74 bits per heavy atom. The summed E-state index contributed by atoms with van der Waals surface area (Å²) >= 11 is 0. The summed E-state index contributed by atoms with van der Waals surface area (Å²) in [5.41, 5.74) is 7.04. The van der Waals surface area contributed by atoms with E-state index in [2.05, 4.69) is 0 Å². The molecule has 2 N–H and O–H groups in total. The van der Waals surface area contributed by atoms with Crippen LogP contribution in [0.1, 0.15) is 5.56 Å². The van der Waals surface area contributed by atoms with E-state index >= 15 is 0 Å². The molecule has 0 saturated carbocycles. The van der Waals surface area contributed by atoms with Gasteiger partial charge in [0.1, 0.15) is 12.4 Å². The first-order chi connectivity index (χ1) is 9.15. The van der Waals surface area contributed by atoms with Gasteiger partial charge in [-0.1, -0.05) is 30.3 Å². The monoisotopic (exact) mass is 263 g/mol. The molecular weight excluding hydrogens is 248 g/mol. The largest absolute Gasteiger partial charge is 0.492 e. The molecule has 0 aliphatic heterocycles. The molecule has 0 bridgehead atoms. The number of nitrogens with two attached hydrogens (primary N) is 1. The van der Waals surface area contributed by atoms with Crippen LogP contribution in [0.15, 0.2) is 48.5 Å². The van der Waals surface area contributed by atoms with Crippen molar-refractivity contribution in [2.75, 3.05) is 6.61 Å². The van der Waals surface area contributed by atoms with E-state index < -0.39 is 11.6 Å². The summed E-state index contributed by atoms with van der Waals surface area (Å²) in [4.78, 5) is 0. The van der Waals surface area contributed by atoms with Gasteiger partial charge >= 0.3 is 0 Å². The van der Waals surface area contributed by atoms with E-state index in [0.29, 0.717) is 6.42 Å². The fourth-order valence-corrected chi connectivity index (χ4v) is 1.75. The summed E-state index contributed by atoms with van der Waals surface area (Å²) < 4.78 is 31.0. The maximum absolute atomic E-state index is 13.0. The Hall–Kier alpha value is -1.94. The van der Waals surface area contributed by atoms with E-state index in [-0.39, 0.29) is 18.4 Å². The molecule has 0 fully saturated rings. The number of benzene rings is 2. The summed E-state index contributed by atoms with van der Waals surface area (Å²) in [5, 5.41) is 0. The smallest absolute Gasteiger partial charge is 0.162 e. The molecule has 4 heteroatoms. The lowest BCUT2D eigenvalue weighted by atomic mass is 10.1.